The maximum absolute atomic E-state index is 11.4. The molecule has 1 heterocycles. The van der Waals surface area contributed by atoms with Crippen LogP contribution in [0.3, 0.4) is 0 Å². The lowest BCUT2D eigenvalue weighted by atomic mass is 10.0. The second kappa shape index (κ2) is 9.47. The highest BCUT2D eigenvalue weighted by molar-refractivity contribution is 5.92. The van der Waals surface area contributed by atoms with Crippen molar-refractivity contribution in [2.24, 2.45) is 0 Å². The van der Waals surface area contributed by atoms with E-state index in [0.717, 1.165) is 5.56 Å². The van der Waals surface area contributed by atoms with Crippen molar-refractivity contribution in [1.29, 1.82) is 0 Å². The molecule has 0 spiro atoms. The minimum Gasteiger partial charge on any atom is -0.478 e. The Labute approximate surface area is 166 Å². The van der Waals surface area contributed by atoms with Gasteiger partial charge in [0.05, 0.1) is 17.8 Å². The summed E-state index contributed by atoms with van der Waals surface area (Å²) in [4.78, 5) is 11.4. The van der Waals surface area contributed by atoms with E-state index in [-0.39, 0.29) is 11.7 Å². The molecular formula is C22H30O6. The SMILES string of the molecule is Cc1ccc(C(=O)O)c(/C=C/C[C@H]2OC(C)(C)O[C@@H]2C(O)/C=C\C[C@H](C)O)c1. The second-order valence-corrected chi connectivity index (χ2v) is 7.68. The lowest BCUT2D eigenvalue weighted by Gasteiger charge is -2.19. The molecule has 1 saturated heterocycles. The summed E-state index contributed by atoms with van der Waals surface area (Å²) in [6.07, 6.45) is 5.58. The van der Waals surface area contributed by atoms with Gasteiger partial charge in [-0.25, -0.2) is 4.79 Å². The molecule has 4 atom stereocenters. The van der Waals surface area contributed by atoms with Crippen LogP contribution in [0.2, 0.25) is 0 Å². The monoisotopic (exact) mass is 390 g/mol. The number of aliphatic hydroxyl groups excluding tert-OH is 2. The van der Waals surface area contributed by atoms with Crippen molar-refractivity contribution in [2.45, 2.75) is 70.7 Å². The molecule has 0 aromatic heterocycles. The van der Waals surface area contributed by atoms with E-state index in [0.29, 0.717) is 18.4 Å². The summed E-state index contributed by atoms with van der Waals surface area (Å²) in [6, 6.07) is 5.18. The maximum Gasteiger partial charge on any atom is 0.336 e. The summed E-state index contributed by atoms with van der Waals surface area (Å²) in [5.74, 6) is -1.80. The summed E-state index contributed by atoms with van der Waals surface area (Å²) in [5, 5.41) is 29.1. The van der Waals surface area contributed by atoms with Gasteiger partial charge in [-0.05, 0) is 52.2 Å². The van der Waals surface area contributed by atoms with E-state index < -0.39 is 30.1 Å². The third-order valence-electron chi connectivity index (χ3n) is 4.47. The van der Waals surface area contributed by atoms with Crippen molar-refractivity contribution < 1.29 is 29.6 Å². The van der Waals surface area contributed by atoms with Crippen LogP contribution in [-0.2, 0) is 9.47 Å². The first-order chi connectivity index (χ1) is 13.1. The van der Waals surface area contributed by atoms with E-state index in [1.807, 2.05) is 19.1 Å². The number of aliphatic hydroxyl groups is 2. The largest absolute Gasteiger partial charge is 0.478 e. The van der Waals surface area contributed by atoms with Crippen LogP contribution in [0.4, 0.5) is 0 Å². The minimum atomic E-state index is -0.974. The molecule has 0 radical (unpaired) electrons. The predicted octanol–water partition coefficient (Wildman–Crippen LogP) is 3.30. The van der Waals surface area contributed by atoms with Crippen LogP contribution in [0.25, 0.3) is 6.08 Å². The summed E-state index contributed by atoms with van der Waals surface area (Å²) in [5.41, 5.74) is 1.84. The smallest absolute Gasteiger partial charge is 0.336 e. The van der Waals surface area contributed by atoms with Gasteiger partial charge in [0.25, 0.3) is 0 Å². The van der Waals surface area contributed by atoms with Crippen molar-refractivity contribution in [3.8, 4) is 0 Å². The zero-order valence-electron chi connectivity index (χ0n) is 16.8. The van der Waals surface area contributed by atoms with Gasteiger partial charge in [0.2, 0.25) is 0 Å². The number of hydrogen-bond donors (Lipinski definition) is 3. The number of rotatable bonds is 8. The Hall–Kier alpha value is -1.99. The lowest BCUT2D eigenvalue weighted by molar-refractivity contribution is -0.152. The summed E-state index contributed by atoms with van der Waals surface area (Å²) >= 11 is 0. The number of carboxylic acids is 1. The summed E-state index contributed by atoms with van der Waals surface area (Å²) in [7, 11) is 0. The molecule has 154 valence electrons. The Bertz CT molecular complexity index is 735. The fourth-order valence-corrected chi connectivity index (χ4v) is 3.20. The average molecular weight is 390 g/mol. The Morgan fingerprint density at radius 3 is 2.61 bits per heavy atom. The van der Waals surface area contributed by atoms with E-state index in [4.69, 9.17) is 9.47 Å². The highest BCUT2D eigenvalue weighted by Gasteiger charge is 2.43. The molecule has 1 unspecified atom stereocenters. The van der Waals surface area contributed by atoms with Gasteiger partial charge in [0.15, 0.2) is 5.79 Å². The fourth-order valence-electron chi connectivity index (χ4n) is 3.20. The number of aryl methyl sites for hydroxylation is 1. The number of ether oxygens (including phenoxy) is 2. The molecule has 1 aromatic carbocycles. The Balaban J connectivity index is 2.10. The molecule has 0 amide bonds. The average Bonchev–Trinajstić information content (AvgIpc) is 2.89. The van der Waals surface area contributed by atoms with Gasteiger partial charge in [0.1, 0.15) is 12.2 Å². The molecule has 1 aliphatic rings. The van der Waals surface area contributed by atoms with Crippen LogP contribution in [0.5, 0.6) is 0 Å². The Morgan fingerprint density at radius 2 is 1.96 bits per heavy atom. The Kier molecular flexibility index (Phi) is 7.55. The van der Waals surface area contributed by atoms with E-state index in [9.17, 15) is 20.1 Å². The second-order valence-electron chi connectivity index (χ2n) is 7.68. The molecule has 1 fully saturated rings. The van der Waals surface area contributed by atoms with E-state index in [1.165, 1.54) is 0 Å². The fraction of sp³-hybridized carbons (Fsp3) is 0.500. The normalized spacial score (nSPS) is 24.1. The molecular weight excluding hydrogens is 360 g/mol. The third kappa shape index (κ3) is 6.27. The van der Waals surface area contributed by atoms with Gasteiger partial charge in [0, 0.05) is 0 Å². The van der Waals surface area contributed by atoms with E-state index in [1.54, 1.807) is 51.1 Å². The van der Waals surface area contributed by atoms with Crippen LogP contribution >= 0.6 is 0 Å². The van der Waals surface area contributed by atoms with Crippen molar-refractivity contribution in [2.75, 3.05) is 0 Å². The van der Waals surface area contributed by atoms with Gasteiger partial charge in [-0.3, -0.25) is 0 Å². The summed E-state index contributed by atoms with van der Waals surface area (Å²) < 4.78 is 11.8. The summed E-state index contributed by atoms with van der Waals surface area (Å²) in [6.45, 7) is 7.17. The van der Waals surface area contributed by atoms with Crippen molar-refractivity contribution in [1.82, 2.24) is 0 Å². The molecule has 28 heavy (non-hydrogen) atoms. The van der Waals surface area contributed by atoms with Crippen LogP contribution in [0.1, 0.15) is 55.1 Å². The van der Waals surface area contributed by atoms with Crippen LogP contribution in [0.15, 0.2) is 36.4 Å². The topological polar surface area (TPSA) is 96.2 Å². The third-order valence-corrected chi connectivity index (χ3v) is 4.47. The van der Waals surface area contributed by atoms with Crippen molar-refractivity contribution >= 4 is 12.0 Å². The van der Waals surface area contributed by atoms with Crippen LogP contribution in [-0.4, -0.2) is 51.5 Å². The van der Waals surface area contributed by atoms with Crippen LogP contribution in [0, 0.1) is 6.92 Å². The maximum atomic E-state index is 11.4. The molecule has 1 aromatic rings. The van der Waals surface area contributed by atoms with Crippen molar-refractivity contribution in [3.63, 3.8) is 0 Å². The molecule has 0 bridgehead atoms. The van der Waals surface area contributed by atoms with Gasteiger partial charge in [-0.15, -0.1) is 0 Å². The number of carboxylic acid groups (broad SMARTS) is 1. The first kappa shape index (κ1) is 22.3. The standard InChI is InChI=1S/C22H30O6/c1-14-11-12-17(21(25)26)16(13-14)8-6-10-19-20(28-22(3,4)27-19)18(24)9-5-7-15(2)23/h5-6,8-9,11-13,15,18-20,23-24H,7,10H2,1-4H3,(H,25,26)/b8-6+,9-5-/t15-,18?,19+,20+/m0/s1. The molecule has 6 heteroatoms. The quantitative estimate of drug-likeness (QED) is 0.590. The first-order valence-electron chi connectivity index (χ1n) is 9.48. The molecule has 0 aliphatic carbocycles. The van der Waals surface area contributed by atoms with Gasteiger partial charge in [-0.2, -0.15) is 0 Å². The minimum absolute atomic E-state index is 0.239. The first-order valence-corrected chi connectivity index (χ1v) is 9.48. The highest BCUT2D eigenvalue weighted by atomic mass is 16.8. The van der Waals surface area contributed by atoms with Gasteiger partial charge in [-0.1, -0.05) is 42.0 Å². The van der Waals surface area contributed by atoms with Gasteiger partial charge < -0.3 is 24.8 Å². The van der Waals surface area contributed by atoms with Crippen molar-refractivity contribution in [3.05, 3.63) is 53.1 Å². The Morgan fingerprint density at radius 1 is 1.25 bits per heavy atom. The lowest BCUT2D eigenvalue weighted by Crippen LogP contribution is -2.34. The van der Waals surface area contributed by atoms with Crippen LogP contribution < -0.4 is 0 Å². The highest BCUT2D eigenvalue weighted by Crippen LogP contribution is 2.32. The molecule has 2 rings (SSSR count). The molecule has 6 nitrogen and oxygen atoms in total. The van der Waals surface area contributed by atoms with E-state index in [2.05, 4.69) is 0 Å². The molecule has 1 aliphatic heterocycles. The zero-order chi connectivity index (χ0) is 20.9. The number of benzene rings is 1. The zero-order valence-corrected chi connectivity index (χ0v) is 16.8. The number of hydrogen-bond acceptors (Lipinski definition) is 5. The van der Waals surface area contributed by atoms with E-state index >= 15 is 0 Å². The number of aromatic carboxylic acids is 1. The predicted molar refractivity (Wildman–Crippen MR) is 107 cm³/mol. The number of carbonyl (C=O) groups is 1. The van der Waals surface area contributed by atoms with Gasteiger partial charge >= 0.3 is 5.97 Å². The molecule has 3 N–H and O–H groups in total. The molecule has 0 saturated carbocycles.